The number of nitrogens with one attached hydrogen (secondary N) is 1. The van der Waals surface area contributed by atoms with E-state index in [1.165, 1.54) is 25.8 Å². The Morgan fingerprint density at radius 1 is 1.33 bits per heavy atom. The van der Waals surface area contributed by atoms with Crippen LogP contribution in [0.1, 0.15) is 26.2 Å². The second-order valence-electron chi connectivity index (χ2n) is 5.75. The van der Waals surface area contributed by atoms with Crippen molar-refractivity contribution in [3.8, 4) is 0 Å². The largest absolute Gasteiger partial charge is 0.374 e. The summed E-state index contributed by atoms with van der Waals surface area (Å²) in [6.45, 7) is 9.96. The average Bonchev–Trinajstić information content (AvgIpc) is 2.77. The van der Waals surface area contributed by atoms with Gasteiger partial charge in [-0.1, -0.05) is 6.92 Å². The Hall–Kier alpha value is -0.160. The molecule has 0 bridgehead atoms. The van der Waals surface area contributed by atoms with Crippen molar-refractivity contribution < 1.29 is 4.74 Å². The highest BCUT2D eigenvalue weighted by Crippen LogP contribution is 2.18. The number of ether oxygens (including phenoxy) is 1. The SMILES string of the molecule is CCCNCC1CCCN1CC1CN(C)CCO1. The first kappa shape index (κ1) is 14.3. The van der Waals surface area contributed by atoms with Crippen LogP contribution >= 0.6 is 0 Å². The van der Waals surface area contributed by atoms with E-state index in [2.05, 4.69) is 29.1 Å². The number of hydrogen-bond donors (Lipinski definition) is 1. The van der Waals surface area contributed by atoms with Gasteiger partial charge in [-0.15, -0.1) is 0 Å². The van der Waals surface area contributed by atoms with Crippen molar-refractivity contribution in [2.75, 3.05) is 52.9 Å². The zero-order valence-electron chi connectivity index (χ0n) is 12.0. The van der Waals surface area contributed by atoms with Crippen molar-refractivity contribution >= 4 is 0 Å². The van der Waals surface area contributed by atoms with E-state index in [1.54, 1.807) is 0 Å². The zero-order valence-corrected chi connectivity index (χ0v) is 12.0. The summed E-state index contributed by atoms with van der Waals surface area (Å²) in [6, 6.07) is 0.729. The maximum Gasteiger partial charge on any atom is 0.0829 e. The molecule has 0 aromatic carbocycles. The minimum absolute atomic E-state index is 0.413. The van der Waals surface area contributed by atoms with Gasteiger partial charge in [-0.3, -0.25) is 4.90 Å². The lowest BCUT2D eigenvalue weighted by molar-refractivity contribution is -0.0371. The van der Waals surface area contributed by atoms with Crippen molar-refractivity contribution in [2.45, 2.75) is 38.3 Å². The highest BCUT2D eigenvalue weighted by molar-refractivity contribution is 4.84. The van der Waals surface area contributed by atoms with E-state index in [9.17, 15) is 0 Å². The van der Waals surface area contributed by atoms with Gasteiger partial charge in [0, 0.05) is 32.2 Å². The summed E-state index contributed by atoms with van der Waals surface area (Å²) in [5.74, 6) is 0. The number of likely N-dealkylation sites (N-methyl/N-ethyl adjacent to an activating group) is 1. The van der Waals surface area contributed by atoms with Crippen LogP contribution in [0.15, 0.2) is 0 Å². The zero-order chi connectivity index (χ0) is 12.8. The topological polar surface area (TPSA) is 27.7 Å². The highest BCUT2D eigenvalue weighted by Gasteiger charge is 2.28. The lowest BCUT2D eigenvalue weighted by Crippen LogP contribution is -2.48. The number of likely N-dealkylation sites (tertiary alicyclic amines) is 1. The molecule has 4 heteroatoms. The van der Waals surface area contributed by atoms with E-state index in [-0.39, 0.29) is 0 Å². The predicted octanol–water partition coefficient (Wildman–Crippen LogP) is 0.781. The van der Waals surface area contributed by atoms with Crippen LogP contribution in [0.4, 0.5) is 0 Å². The molecule has 0 spiro atoms. The Kier molecular flexibility index (Phi) is 5.89. The molecule has 2 aliphatic heterocycles. The molecule has 2 rings (SSSR count). The van der Waals surface area contributed by atoms with Gasteiger partial charge in [-0.25, -0.2) is 0 Å². The smallest absolute Gasteiger partial charge is 0.0829 e. The van der Waals surface area contributed by atoms with Crippen molar-refractivity contribution in [1.29, 1.82) is 0 Å². The van der Waals surface area contributed by atoms with Crippen molar-refractivity contribution in [3.05, 3.63) is 0 Å². The Bertz CT molecular complexity index is 237. The number of nitrogens with zero attached hydrogens (tertiary/aromatic N) is 2. The molecular weight excluding hydrogens is 226 g/mol. The molecule has 0 amide bonds. The minimum atomic E-state index is 0.413. The summed E-state index contributed by atoms with van der Waals surface area (Å²) in [5.41, 5.74) is 0. The Balaban J connectivity index is 1.73. The van der Waals surface area contributed by atoms with Crippen LogP contribution in [0.5, 0.6) is 0 Å². The molecule has 2 fully saturated rings. The maximum atomic E-state index is 5.88. The van der Waals surface area contributed by atoms with Crippen LogP contribution in [0, 0.1) is 0 Å². The number of morpholine rings is 1. The molecule has 0 aromatic heterocycles. The maximum absolute atomic E-state index is 5.88. The van der Waals surface area contributed by atoms with Gasteiger partial charge < -0.3 is 15.0 Å². The predicted molar refractivity (Wildman–Crippen MR) is 75.0 cm³/mol. The molecule has 2 heterocycles. The van der Waals surface area contributed by atoms with Crippen LogP contribution in [-0.4, -0.2) is 74.9 Å². The normalized spacial score (nSPS) is 31.0. The number of hydrogen-bond acceptors (Lipinski definition) is 4. The van der Waals surface area contributed by atoms with Gasteiger partial charge >= 0.3 is 0 Å². The monoisotopic (exact) mass is 255 g/mol. The first-order valence-electron chi connectivity index (χ1n) is 7.54. The molecule has 2 unspecified atom stereocenters. The van der Waals surface area contributed by atoms with E-state index >= 15 is 0 Å². The molecule has 2 atom stereocenters. The van der Waals surface area contributed by atoms with E-state index < -0.39 is 0 Å². The first-order chi connectivity index (χ1) is 8.79. The molecule has 106 valence electrons. The van der Waals surface area contributed by atoms with E-state index in [1.807, 2.05) is 0 Å². The Labute approximate surface area is 112 Å². The fraction of sp³-hybridized carbons (Fsp3) is 1.00. The third kappa shape index (κ3) is 4.19. The summed E-state index contributed by atoms with van der Waals surface area (Å²) < 4.78 is 5.88. The third-order valence-corrected chi connectivity index (χ3v) is 4.09. The molecule has 0 radical (unpaired) electrons. The second-order valence-corrected chi connectivity index (χ2v) is 5.75. The third-order valence-electron chi connectivity index (χ3n) is 4.09. The summed E-state index contributed by atoms with van der Waals surface area (Å²) in [6.07, 6.45) is 4.33. The van der Waals surface area contributed by atoms with Gasteiger partial charge in [0.15, 0.2) is 0 Å². The second kappa shape index (κ2) is 7.43. The van der Waals surface area contributed by atoms with E-state index in [0.717, 1.165) is 45.4 Å². The molecule has 0 aromatic rings. The van der Waals surface area contributed by atoms with Gasteiger partial charge in [-0.2, -0.15) is 0 Å². The molecule has 0 saturated carbocycles. The number of rotatable bonds is 6. The quantitative estimate of drug-likeness (QED) is 0.710. The summed E-state index contributed by atoms with van der Waals surface area (Å²) >= 11 is 0. The van der Waals surface area contributed by atoms with Crippen molar-refractivity contribution in [3.63, 3.8) is 0 Å². The molecular formula is C14H29N3O. The van der Waals surface area contributed by atoms with Crippen molar-refractivity contribution in [2.24, 2.45) is 0 Å². The van der Waals surface area contributed by atoms with Crippen LogP contribution in [0.3, 0.4) is 0 Å². The fourth-order valence-corrected chi connectivity index (χ4v) is 3.05. The van der Waals surface area contributed by atoms with Crippen LogP contribution < -0.4 is 5.32 Å². The minimum Gasteiger partial charge on any atom is -0.374 e. The van der Waals surface area contributed by atoms with Gasteiger partial charge in [0.25, 0.3) is 0 Å². The van der Waals surface area contributed by atoms with E-state index in [0.29, 0.717) is 6.10 Å². The van der Waals surface area contributed by atoms with E-state index in [4.69, 9.17) is 4.74 Å². The molecule has 4 nitrogen and oxygen atoms in total. The Morgan fingerprint density at radius 3 is 3.00 bits per heavy atom. The molecule has 1 N–H and O–H groups in total. The van der Waals surface area contributed by atoms with Crippen LogP contribution in [0.2, 0.25) is 0 Å². The molecule has 2 saturated heterocycles. The molecule has 18 heavy (non-hydrogen) atoms. The highest BCUT2D eigenvalue weighted by atomic mass is 16.5. The summed E-state index contributed by atoms with van der Waals surface area (Å²) in [7, 11) is 2.19. The lowest BCUT2D eigenvalue weighted by Gasteiger charge is -2.34. The first-order valence-corrected chi connectivity index (χ1v) is 7.54. The van der Waals surface area contributed by atoms with Gasteiger partial charge in [0.1, 0.15) is 0 Å². The van der Waals surface area contributed by atoms with Crippen molar-refractivity contribution in [1.82, 2.24) is 15.1 Å². The molecule has 2 aliphatic rings. The van der Waals surface area contributed by atoms with Gasteiger partial charge in [0.2, 0.25) is 0 Å². The Morgan fingerprint density at radius 2 is 2.22 bits per heavy atom. The fourth-order valence-electron chi connectivity index (χ4n) is 3.05. The summed E-state index contributed by atoms with van der Waals surface area (Å²) in [5, 5.41) is 3.56. The van der Waals surface area contributed by atoms with Gasteiger partial charge in [0.05, 0.1) is 12.7 Å². The van der Waals surface area contributed by atoms with Crippen LogP contribution in [-0.2, 0) is 4.74 Å². The summed E-state index contributed by atoms with van der Waals surface area (Å²) in [4.78, 5) is 5.01. The van der Waals surface area contributed by atoms with Gasteiger partial charge in [-0.05, 0) is 39.4 Å². The van der Waals surface area contributed by atoms with Crippen LogP contribution in [0.25, 0.3) is 0 Å². The lowest BCUT2D eigenvalue weighted by atomic mass is 10.2. The average molecular weight is 255 g/mol. The molecule has 0 aliphatic carbocycles. The standard InChI is InChI=1S/C14H29N3O/c1-3-6-15-10-13-5-4-7-17(13)12-14-11-16(2)8-9-18-14/h13-15H,3-12H2,1-2H3.